The van der Waals surface area contributed by atoms with E-state index in [1.165, 1.54) is 0 Å². The van der Waals surface area contributed by atoms with Crippen molar-refractivity contribution in [2.75, 3.05) is 11.0 Å². The van der Waals surface area contributed by atoms with E-state index in [4.69, 9.17) is 13.9 Å². The summed E-state index contributed by atoms with van der Waals surface area (Å²) < 4.78 is 19.9. The summed E-state index contributed by atoms with van der Waals surface area (Å²) in [6.07, 6.45) is -1.37. The Labute approximate surface area is 184 Å². The first kappa shape index (κ1) is 24.2. The molecule has 7 heteroatoms. The highest BCUT2D eigenvalue weighted by molar-refractivity contribution is 14.1. The molecule has 2 rings (SSSR count). The second kappa shape index (κ2) is 10.3. The van der Waals surface area contributed by atoms with Gasteiger partial charge in [0, 0.05) is 10.8 Å². The summed E-state index contributed by atoms with van der Waals surface area (Å²) in [5.41, 5.74) is 1.02. The predicted molar refractivity (Wildman–Crippen MR) is 122 cm³/mol. The van der Waals surface area contributed by atoms with Crippen molar-refractivity contribution in [2.45, 2.75) is 82.5 Å². The van der Waals surface area contributed by atoms with E-state index in [9.17, 15) is 10.2 Å². The maximum absolute atomic E-state index is 10.5. The third-order valence-corrected chi connectivity index (χ3v) is 11.3. The first-order valence-electron chi connectivity index (χ1n) is 9.92. The summed E-state index contributed by atoms with van der Waals surface area (Å²) in [6, 6.07) is 9.83. The van der Waals surface area contributed by atoms with Gasteiger partial charge in [-0.2, -0.15) is 0 Å². The molecule has 160 valence electrons. The lowest BCUT2D eigenvalue weighted by Gasteiger charge is -2.40. The summed E-state index contributed by atoms with van der Waals surface area (Å²) in [5.74, 6) is 0. The fourth-order valence-corrected chi connectivity index (χ4v) is 5.02. The minimum absolute atomic E-state index is 0.0640. The molecular weight excluding hydrogens is 487 g/mol. The maximum Gasteiger partial charge on any atom is 0.192 e. The summed E-state index contributed by atoms with van der Waals surface area (Å²) in [7, 11) is -2.01. The topological polar surface area (TPSA) is 68.2 Å². The van der Waals surface area contributed by atoms with Crippen LogP contribution in [0.5, 0.6) is 0 Å². The van der Waals surface area contributed by atoms with Crippen molar-refractivity contribution in [1.29, 1.82) is 0 Å². The smallest absolute Gasteiger partial charge is 0.192 e. The quantitative estimate of drug-likeness (QED) is 0.293. The van der Waals surface area contributed by atoms with Crippen molar-refractivity contribution < 1.29 is 24.1 Å². The van der Waals surface area contributed by atoms with E-state index in [1.807, 2.05) is 30.3 Å². The molecule has 28 heavy (non-hydrogen) atoms. The minimum Gasteiger partial charge on any atom is -0.411 e. The Balaban J connectivity index is 2.19. The first-order valence-corrected chi connectivity index (χ1v) is 14.4. The van der Waals surface area contributed by atoms with Crippen LogP contribution in [0.3, 0.4) is 0 Å². The average Bonchev–Trinajstić information content (AvgIpc) is 3.03. The van der Waals surface area contributed by atoms with Crippen molar-refractivity contribution in [3.63, 3.8) is 0 Å². The van der Waals surface area contributed by atoms with Crippen molar-refractivity contribution in [1.82, 2.24) is 0 Å². The Hall–Kier alpha value is -0.0331. The van der Waals surface area contributed by atoms with E-state index < -0.39 is 26.6 Å². The molecule has 1 aromatic rings. The molecule has 1 fully saturated rings. The molecule has 0 bridgehead atoms. The van der Waals surface area contributed by atoms with Crippen LogP contribution in [0.25, 0.3) is 0 Å². The molecule has 0 aromatic heterocycles. The number of benzene rings is 1. The summed E-state index contributed by atoms with van der Waals surface area (Å²) in [5, 5.41) is 20.2. The molecule has 1 aliphatic heterocycles. The number of halogens is 1. The van der Waals surface area contributed by atoms with Gasteiger partial charge in [0.25, 0.3) is 0 Å². The Kier molecular flexibility index (Phi) is 8.94. The Morgan fingerprint density at radius 3 is 2.43 bits per heavy atom. The molecule has 0 unspecified atom stereocenters. The van der Waals surface area contributed by atoms with Crippen molar-refractivity contribution in [2.24, 2.45) is 0 Å². The Bertz CT molecular complexity index is 592. The van der Waals surface area contributed by atoms with Gasteiger partial charge >= 0.3 is 0 Å². The average molecular weight is 522 g/mol. The number of hydrogen-bond acceptors (Lipinski definition) is 5. The molecule has 0 amide bonds. The second-order valence-corrected chi connectivity index (χ2v) is 14.7. The van der Waals surface area contributed by atoms with Crippen LogP contribution in [0, 0.1) is 0 Å². The number of ether oxygens (including phenoxy) is 2. The van der Waals surface area contributed by atoms with Gasteiger partial charge in [-0.15, -0.1) is 0 Å². The minimum atomic E-state index is -2.01. The molecule has 1 heterocycles. The maximum atomic E-state index is 10.5. The van der Waals surface area contributed by atoms with Gasteiger partial charge in [0.15, 0.2) is 8.32 Å². The van der Waals surface area contributed by atoms with Gasteiger partial charge in [-0.3, -0.25) is 0 Å². The van der Waals surface area contributed by atoms with Crippen LogP contribution in [-0.4, -0.2) is 60.1 Å². The summed E-state index contributed by atoms with van der Waals surface area (Å²) >= 11 is 2.32. The molecule has 5 nitrogen and oxygen atoms in total. The Morgan fingerprint density at radius 1 is 1.25 bits per heavy atom. The zero-order chi connectivity index (χ0) is 20.9. The monoisotopic (exact) mass is 522 g/mol. The van der Waals surface area contributed by atoms with Crippen LogP contribution in [0.15, 0.2) is 30.3 Å². The molecule has 2 N–H and O–H groups in total. The number of hydrogen-bond donors (Lipinski definition) is 2. The van der Waals surface area contributed by atoms with Crippen LogP contribution in [-0.2, 0) is 20.5 Å². The third-order valence-electron chi connectivity index (χ3n) is 5.81. The molecule has 0 spiro atoms. The van der Waals surface area contributed by atoms with E-state index in [0.29, 0.717) is 6.61 Å². The van der Waals surface area contributed by atoms with E-state index in [-0.39, 0.29) is 23.9 Å². The molecule has 1 aromatic carbocycles. The van der Waals surface area contributed by atoms with Crippen LogP contribution < -0.4 is 0 Å². The molecular formula is C21H35IO5Si. The fraction of sp³-hybridized carbons (Fsp3) is 0.714. The van der Waals surface area contributed by atoms with E-state index in [1.54, 1.807) is 0 Å². The number of rotatable bonds is 9. The van der Waals surface area contributed by atoms with Crippen molar-refractivity contribution >= 4 is 30.9 Å². The van der Waals surface area contributed by atoms with Gasteiger partial charge in [-0.1, -0.05) is 73.7 Å². The van der Waals surface area contributed by atoms with Crippen LogP contribution in [0.1, 0.15) is 32.8 Å². The van der Waals surface area contributed by atoms with Crippen molar-refractivity contribution in [3.05, 3.63) is 35.9 Å². The fourth-order valence-electron chi connectivity index (χ4n) is 3.11. The van der Waals surface area contributed by atoms with Crippen LogP contribution in [0.4, 0.5) is 0 Å². The van der Waals surface area contributed by atoms with Gasteiger partial charge < -0.3 is 24.1 Å². The highest BCUT2D eigenvalue weighted by Crippen LogP contribution is 2.40. The van der Waals surface area contributed by atoms with Gasteiger partial charge in [-0.25, -0.2) is 0 Å². The number of aliphatic hydroxyl groups is 2. The highest BCUT2D eigenvalue weighted by Gasteiger charge is 2.48. The summed E-state index contributed by atoms with van der Waals surface area (Å²) in [6.45, 7) is 11.1. The SMILES string of the molecule is CC(C)(C)[Si](C)(C)O[C@H]1C[C@@H](CI)O[C@@H]1[C@H](OCc1ccccc1)[C@@H](O)CO. The normalized spacial score (nSPS) is 25.6. The van der Waals surface area contributed by atoms with E-state index in [0.717, 1.165) is 16.4 Å². The molecule has 5 atom stereocenters. The Morgan fingerprint density at radius 2 is 1.89 bits per heavy atom. The molecule has 0 aliphatic carbocycles. The zero-order valence-corrected chi connectivity index (χ0v) is 20.8. The standard InChI is InChI=1S/C21H35IO5Si/c1-21(2,3)28(4,5)27-18-11-16(12-22)26-20(18)19(17(24)13-23)25-14-15-9-7-6-8-10-15/h6-10,16-20,23-24H,11-14H2,1-5H3/t16-,17-,18-,19+,20-/m0/s1. The molecule has 1 aliphatic rings. The lowest BCUT2D eigenvalue weighted by molar-refractivity contribution is -0.146. The van der Waals surface area contributed by atoms with Crippen LogP contribution in [0.2, 0.25) is 18.1 Å². The van der Waals surface area contributed by atoms with Gasteiger partial charge in [0.2, 0.25) is 0 Å². The number of aliphatic hydroxyl groups excluding tert-OH is 2. The van der Waals surface area contributed by atoms with Gasteiger partial charge in [-0.05, 0) is 23.7 Å². The lowest BCUT2D eigenvalue weighted by Crippen LogP contribution is -2.51. The molecule has 1 saturated heterocycles. The van der Waals surface area contributed by atoms with E-state index >= 15 is 0 Å². The first-order chi connectivity index (χ1) is 13.1. The second-order valence-electron chi connectivity index (χ2n) is 9.04. The number of alkyl halides is 1. The van der Waals surface area contributed by atoms with Gasteiger partial charge in [0.1, 0.15) is 18.3 Å². The largest absolute Gasteiger partial charge is 0.411 e. The molecule has 0 saturated carbocycles. The lowest BCUT2D eigenvalue weighted by atomic mass is 10.0. The van der Waals surface area contributed by atoms with Gasteiger partial charge in [0.05, 0.1) is 25.4 Å². The zero-order valence-electron chi connectivity index (χ0n) is 17.6. The van der Waals surface area contributed by atoms with Crippen molar-refractivity contribution in [3.8, 4) is 0 Å². The third kappa shape index (κ3) is 6.23. The predicted octanol–water partition coefficient (Wildman–Crippen LogP) is 3.91. The summed E-state index contributed by atoms with van der Waals surface area (Å²) in [4.78, 5) is 0. The highest BCUT2D eigenvalue weighted by atomic mass is 127. The molecule has 0 radical (unpaired) electrons. The van der Waals surface area contributed by atoms with E-state index in [2.05, 4.69) is 56.5 Å². The van der Waals surface area contributed by atoms with Crippen LogP contribution >= 0.6 is 22.6 Å².